The number of nitrogens with zero attached hydrogens (tertiary/aromatic N) is 1. The van der Waals surface area contributed by atoms with Gasteiger partial charge in [0.2, 0.25) is 0 Å². The number of oxazole rings is 1. The fourth-order valence-corrected chi connectivity index (χ4v) is 1.84. The Bertz CT molecular complexity index is 561. The highest BCUT2D eigenvalue weighted by Crippen LogP contribution is 2.22. The van der Waals surface area contributed by atoms with Crippen LogP contribution in [0.5, 0.6) is 5.75 Å². The second-order valence-corrected chi connectivity index (χ2v) is 4.35. The molecule has 0 aliphatic rings. The van der Waals surface area contributed by atoms with Crippen LogP contribution in [0.15, 0.2) is 22.6 Å². The molecule has 0 bridgehead atoms. The summed E-state index contributed by atoms with van der Waals surface area (Å²) in [6.07, 6.45) is 0.630. The molecule has 0 aliphatic heterocycles. The van der Waals surface area contributed by atoms with Crippen molar-refractivity contribution < 1.29 is 19.1 Å². The summed E-state index contributed by atoms with van der Waals surface area (Å²) in [5, 5.41) is 8.70. The van der Waals surface area contributed by atoms with E-state index in [0.717, 1.165) is 11.3 Å². The van der Waals surface area contributed by atoms with E-state index in [1.807, 2.05) is 6.92 Å². The number of aliphatic carboxylic acids is 1. The van der Waals surface area contributed by atoms with E-state index in [9.17, 15) is 4.79 Å². The first kappa shape index (κ1) is 12.4. The molecule has 0 fully saturated rings. The minimum Gasteiger partial charge on any atom is -0.497 e. The van der Waals surface area contributed by atoms with Gasteiger partial charge in [-0.3, -0.25) is 4.79 Å². The van der Waals surface area contributed by atoms with Gasteiger partial charge >= 0.3 is 5.97 Å². The lowest BCUT2D eigenvalue weighted by Gasteiger charge is -2.03. The first-order valence-electron chi connectivity index (χ1n) is 5.73. The molecule has 0 radical (unpaired) electrons. The lowest BCUT2D eigenvalue weighted by atomic mass is 10.0. The van der Waals surface area contributed by atoms with Crippen LogP contribution in [-0.4, -0.2) is 23.2 Å². The number of carboxylic acid groups (broad SMARTS) is 1. The highest BCUT2D eigenvalue weighted by Gasteiger charge is 2.13. The van der Waals surface area contributed by atoms with E-state index >= 15 is 0 Å². The van der Waals surface area contributed by atoms with Gasteiger partial charge in [0.25, 0.3) is 0 Å². The topological polar surface area (TPSA) is 72.6 Å². The van der Waals surface area contributed by atoms with E-state index in [4.69, 9.17) is 14.3 Å². The van der Waals surface area contributed by atoms with Crippen LogP contribution in [0.4, 0.5) is 0 Å². The van der Waals surface area contributed by atoms with Crippen LogP contribution in [0.3, 0.4) is 0 Å². The normalized spacial score (nSPS) is 12.6. The molecule has 0 saturated heterocycles. The van der Waals surface area contributed by atoms with E-state index in [2.05, 4.69) is 4.98 Å². The monoisotopic (exact) mass is 249 g/mol. The van der Waals surface area contributed by atoms with E-state index in [1.165, 1.54) is 0 Å². The summed E-state index contributed by atoms with van der Waals surface area (Å²) >= 11 is 0. The molecule has 0 aliphatic carbocycles. The third kappa shape index (κ3) is 2.80. The average Bonchev–Trinajstić information content (AvgIpc) is 2.68. The summed E-state index contributed by atoms with van der Waals surface area (Å²) in [7, 11) is 1.59. The van der Waals surface area contributed by atoms with Crippen LogP contribution in [0, 0.1) is 5.92 Å². The van der Waals surface area contributed by atoms with Crippen molar-refractivity contribution in [2.75, 3.05) is 7.11 Å². The molecule has 0 spiro atoms. The number of methoxy groups -OCH3 is 1. The maximum atomic E-state index is 10.6. The minimum atomic E-state index is -0.805. The number of hydrogen-bond donors (Lipinski definition) is 1. The highest BCUT2D eigenvalue weighted by molar-refractivity contribution is 5.74. The van der Waals surface area contributed by atoms with Crippen molar-refractivity contribution in [3.63, 3.8) is 0 Å². The zero-order chi connectivity index (χ0) is 13.1. The average molecular weight is 249 g/mol. The number of rotatable bonds is 5. The van der Waals surface area contributed by atoms with Gasteiger partial charge in [-0.1, -0.05) is 6.92 Å². The second kappa shape index (κ2) is 5.08. The number of hydrogen-bond acceptors (Lipinski definition) is 4. The molecule has 0 saturated carbocycles. The Morgan fingerprint density at radius 1 is 1.56 bits per heavy atom. The predicted molar refractivity (Wildman–Crippen MR) is 65.7 cm³/mol. The predicted octanol–water partition coefficient (Wildman–Crippen LogP) is 2.49. The summed E-state index contributed by atoms with van der Waals surface area (Å²) < 4.78 is 10.7. The summed E-state index contributed by atoms with van der Waals surface area (Å²) in [4.78, 5) is 14.9. The Hall–Kier alpha value is -2.04. The van der Waals surface area contributed by atoms with Gasteiger partial charge in [0.15, 0.2) is 11.5 Å². The molecule has 5 nitrogen and oxygen atoms in total. The zero-order valence-corrected chi connectivity index (χ0v) is 10.3. The van der Waals surface area contributed by atoms with Crippen molar-refractivity contribution in [2.45, 2.75) is 19.8 Å². The van der Waals surface area contributed by atoms with Crippen LogP contribution < -0.4 is 4.74 Å². The summed E-state index contributed by atoms with van der Waals surface area (Å²) in [5.74, 6) is 0.477. The van der Waals surface area contributed by atoms with Crippen LogP contribution in [0.2, 0.25) is 0 Å². The Labute approximate surface area is 104 Å². The lowest BCUT2D eigenvalue weighted by molar-refractivity contribution is -0.137. The van der Waals surface area contributed by atoms with Gasteiger partial charge in [0, 0.05) is 18.9 Å². The molecule has 96 valence electrons. The Kier molecular flexibility index (Phi) is 3.50. The third-order valence-corrected chi connectivity index (χ3v) is 2.69. The smallest absolute Gasteiger partial charge is 0.303 e. The number of fused-ring (bicyclic) bond motifs is 1. The maximum absolute atomic E-state index is 10.6. The Morgan fingerprint density at radius 3 is 3.00 bits per heavy atom. The van der Waals surface area contributed by atoms with Crippen molar-refractivity contribution in [1.29, 1.82) is 0 Å². The Balaban J connectivity index is 2.17. The van der Waals surface area contributed by atoms with Gasteiger partial charge in [0.1, 0.15) is 11.3 Å². The molecule has 1 atom stereocenters. The van der Waals surface area contributed by atoms with E-state index in [0.29, 0.717) is 17.9 Å². The molecule has 5 heteroatoms. The van der Waals surface area contributed by atoms with Gasteiger partial charge in [-0.25, -0.2) is 4.98 Å². The molecule has 0 amide bonds. The fraction of sp³-hybridized carbons (Fsp3) is 0.385. The van der Waals surface area contributed by atoms with E-state index < -0.39 is 5.97 Å². The van der Waals surface area contributed by atoms with Crippen LogP contribution in [-0.2, 0) is 11.2 Å². The molecule has 1 aromatic heterocycles. The van der Waals surface area contributed by atoms with Gasteiger partial charge in [-0.05, 0) is 18.1 Å². The van der Waals surface area contributed by atoms with E-state index in [1.54, 1.807) is 25.3 Å². The standard InChI is InChI=1S/C13H15NO4/c1-8(6-13(15)16)5-12-14-10-7-9(17-2)3-4-11(10)18-12/h3-4,7-8H,5-6H2,1-2H3,(H,15,16). The lowest BCUT2D eigenvalue weighted by Crippen LogP contribution is -2.07. The molecule has 18 heavy (non-hydrogen) atoms. The maximum Gasteiger partial charge on any atom is 0.303 e. The number of ether oxygens (including phenoxy) is 1. The SMILES string of the molecule is COc1ccc2oc(CC(C)CC(=O)O)nc2c1. The van der Waals surface area contributed by atoms with Crippen molar-refractivity contribution >= 4 is 17.1 Å². The third-order valence-electron chi connectivity index (χ3n) is 2.69. The Morgan fingerprint density at radius 2 is 2.33 bits per heavy atom. The molecule has 2 rings (SSSR count). The number of aromatic nitrogens is 1. The second-order valence-electron chi connectivity index (χ2n) is 4.35. The molecule has 2 aromatic rings. The van der Waals surface area contributed by atoms with E-state index in [-0.39, 0.29) is 12.3 Å². The molecule has 1 heterocycles. The van der Waals surface area contributed by atoms with Crippen molar-refractivity contribution in [1.82, 2.24) is 4.98 Å². The zero-order valence-electron chi connectivity index (χ0n) is 10.3. The summed E-state index contributed by atoms with van der Waals surface area (Å²) in [5.41, 5.74) is 1.42. The van der Waals surface area contributed by atoms with Crippen molar-refractivity contribution in [2.24, 2.45) is 5.92 Å². The van der Waals surface area contributed by atoms with Crippen LogP contribution in [0.25, 0.3) is 11.1 Å². The number of carboxylic acids is 1. The molecule has 1 N–H and O–H groups in total. The first-order valence-corrected chi connectivity index (χ1v) is 5.73. The number of benzene rings is 1. The largest absolute Gasteiger partial charge is 0.497 e. The van der Waals surface area contributed by atoms with Gasteiger partial charge in [-0.2, -0.15) is 0 Å². The van der Waals surface area contributed by atoms with Crippen LogP contribution >= 0.6 is 0 Å². The summed E-state index contributed by atoms with van der Waals surface area (Å²) in [6, 6.07) is 5.40. The first-order chi connectivity index (χ1) is 8.58. The minimum absolute atomic E-state index is 0.00235. The van der Waals surface area contributed by atoms with Gasteiger partial charge in [0.05, 0.1) is 7.11 Å². The molecular formula is C13H15NO4. The van der Waals surface area contributed by atoms with Gasteiger partial charge in [-0.15, -0.1) is 0 Å². The van der Waals surface area contributed by atoms with Crippen LogP contribution in [0.1, 0.15) is 19.2 Å². The fourth-order valence-electron chi connectivity index (χ4n) is 1.84. The molecule has 1 unspecified atom stereocenters. The quantitative estimate of drug-likeness (QED) is 0.881. The number of carbonyl (C=O) groups is 1. The van der Waals surface area contributed by atoms with Crippen molar-refractivity contribution in [3.05, 3.63) is 24.1 Å². The molecule has 1 aromatic carbocycles. The highest BCUT2D eigenvalue weighted by atomic mass is 16.5. The van der Waals surface area contributed by atoms with Crippen molar-refractivity contribution in [3.8, 4) is 5.75 Å². The summed E-state index contributed by atoms with van der Waals surface area (Å²) in [6.45, 7) is 1.86. The van der Waals surface area contributed by atoms with Gasteiger partial charge < -0.3 is 14.3 Å². The molecular weight excluding hydrogens is 234 g/mol.